The number of aliphatic carboxylic acids is 1. The van der Waals surface area contributed by atoms with Gasteiger partial charge in [0.2, 0.25) is 5.91 Å². The SMILES string of the molecule is N[C@@H](CCCCNC(=O)CCCC[C@H]1SC[C@H]2NC(=O)N[C@H]21)C(=O)O. The number of rotatable bonds is 11. The normalized spacial score (nSPS) is 25.8. The van der Waals surface area contributed by atoms with E-state index >= 15 is 0 Å². The van der Waals surface area contributed by atoms with Crippen molar-refractivity contribution in [2.45, 2.75) is 68.3 Å². The number of urea groups is 1. The molecule has 4 atom stereocenters. The van der Waals surface area contributed by atoms with Crippen molar-refractivity contribution >= 4 is 29.7 Å². The van der Waals surface area contributed by atoms with Gasteiger partial charge in [-0.25, -0.2) is 4.79 Å². The number of hydrogen-bond acceptors (Lipinski definition) is 5. The lowest BCUT2D eigenvalue weighted by Crippen LogP contribution is -2.36. The molecular weight excluding hydrogens is 344 g/mol. The van der Waals surface area contributed by atoms with E-state index in [0.717, 1.165) is 31.4 Å². The Bertz CT molecular complexity index is 491. The van der Waals surface area contributed by atoms with Gasteiger partial charge < -0.3 is 26.8 Å². The monoisotopic (exact) mass is 372 g/mol. The Labute approximate surface area is 152 Å². The number of carbonyl (C=O) groups excluding carboxylic acids is 2. The molecular formula is C16H28N4O4S. The van der Waals surface area contributed by atoms with Crippen LogP contribution in [0.3, 0.4) is 0 Å². The number of carboxylic acid groups (broad SMARTS) is 1. The summed E-state index contributed by atoms with van der Waals surface area (Å²) >= 11 is 1.89. The van der Waals surface area contributed by atoms with Crippen LogP contribution in [-0.2, 0) is 9.59 Å². The van der Waals surface area contributed by atoms with Gasteiger partial charge in [0.05, 0.1) is 12.1 Å². The highest BCUT2D eigenvalue weighted by molar-refractivity contribution is 8.00. The Balaban J connectivity index is 1.46. The zero-order valence-electron chi connectivity index (χ0n) is 14.3. The Morgan fingerprint density at radius 3 is 2.84 bits per heavy atom. The van der Waals surface area contributed by atoms with Crippen LogP contribution in [0.4, 0.5) is 4.79 Å². The van der Waals surface area contributed by atoms with Crippen molar-refractivity contribution in [1.29, 1.82) is 0 Å². The van der Waals surface area contributed by atoms with Crippen molar-refractivity contribution in [3.05, 3.63) is 0 Å². The minimum atomic E-state index is -0.983. The molecule has 0 saturated carbocycles. The summed E-state index contributed by atoms with van der Waals surface area (Å²) < 4.78 is 0. The second kappa shape index (κ2) is 9.86. The van der Waals surface area contributed by atoms with Crippen molar-refractivity contribution in [3.63, 3.8) is 0 Å². The van der Waals surface area contributed by atoms with E-state index in [0.29, 0.717) is 31.1 Å². The fourth-order valence-corrected chi connectivity index (χ4v) is 4.75. The van der Waals surface area contributed by atoms with E-state index in [-0.39, 0.29) is 24.0 Å². The highest BCUT2D eigenvalue weighted by Crippen LogP contribution is 2.33. The number of carbonyl (C=O) groups is 3. The van der Waals surface area contributed by atoms with Crippen LogP contribution in [0.25, 0.3) is 0 Å². The van der Waals surface area contributed by atoms with E-state index in [1.165, 1.54) is 0 Å². The number of nitrogens with one attached hydrogen (secondary N) is 3. The average Bonchev–Trinajstić information content (AvgIpc) is 3.10. The lowest BCUT2D eigenvalue weighted by Gasteiger charge is -2.16. The van der Waals surface area contributed by atoms with Crippen LogP contribution in [0.15, 0.2) is 0 Å². The lowest BCUT2D eigenvalue weighted by atomic mass is 10.0. The summed E-state index contributed by atoms with van der Waals surface area (Å²) in [5, 5.41) is 17.9. The Hall–Kier alpha value is -1.48. The van der Waals surface area contributed by atoms with Gasteiger partial charge in [0.15, 0.2) is 0 Å². The van der Waals surface area contributed by atoms with Crippen LogP contribution in [0.2, 0.25) is 0 Å². The largest absolute Gasteiger partial charge is 0.480 e. The van der Waals surface area contributed by atoms with Crippen molar-refractivity contribution < 1.29 is 19.5 Å². The molecule has 2 heterocycles. The maximum absolute atomic E-state index is 11.8. The van der Waals surface area contributed by atoms with Gasteiger partial charge in [0, 0.05) is 24.0 Å². The molecule has 6 N–H and O–H groups in total. The molecule has 25 heavy (non-hydrogen) atoms. The van der Waals surface area contributed by atoms with Crippen molar-refractivity contribution in [1.82, 2.24) is 16.0 Å². The summed E-state index contributed by atoms with van der Waals surface area (Å²) in [4.78, 5) is 33.7. The number of nitrogens with two attached hydrogens (primary N) is 1. The molecule has 2 aliphatic rings. The lowest BCUT2D eigenvalue weighted by molar-refractivity contribution is -0.138. The van der Waals surface area contributed by atoms with Crippen molar-refractivity contribution in [3.8, 4) is 0 Å². The molecule has 0 aliphatic carbocycles. The van der Waals surface area contributed by atoms with Gasteiger partial charge >= 0.3 is 12.0 Å². The molecule has 2 aliphatic heterocycles. The second-order valence-corrected chi connectivity index (χ2v) is 7.93. The predicted molar refractivity (Wildman–Crippen MR) is 96.4 cm³/mol. The van der Waals surface area contributed by atoms with Gasteiger partial charge in [-0.3, -0.25) is 9.59 Å². The highest BCUT2D eigenvalue weighted by atomic mass is 32.2. The van der Waals surface area contributed by atoms with Crippen molar-refractivity contribution in [2.75, 3.05) is 12.3 Å². The molecule has 142 valence electrons. The molecule has 2 rings (SSSR count). The summed E-state index contributed by atoms with van der Waals surface area (Å²) in [6.07, 6.45) is 5.18. The first kappa shape index (κ1) is 19.8. The maximum atomic E-state index is 11.8. The third-order valence-corrected chi connectivity index (χ3v) is 6.17. The summed E-state index contributed by atoms with van der Waals surface area (Å²) in [5.74, 6) is 0.0131. The van der Waals surface area contributed by atoms with Gasteiger partial charge in [-0.15, -0.1) is 0 Å². The smallest absolute Gasteiger partial charge is 0.320 e. The third kappa shape index (κ3) is 6.39. The number of fused-ring (bicyclic) bond motifs is 1. The van der Waals surface area contributed by atoms with Gasteiger partial charge in [-0.2, -0.15) is 11.8 Å². The molecule has 0 aromatic rings. The quantitative estimate of drug-likeness (QED) is 0.263. The first-order valence-corrected chi connectivity index (χ1v) is 9.96. The average molecular weight is 372 g/mol. The molecule has 8 nitrogen and oxygen atoms in total. The number of amides is 3. The highest BCUT2D eigenvalue weighted by Gasteiger charge is 2.42. The van der Waals surface area contributed by atoms with Gasteiger partial charge in [-0.05, 0) is 32.1 Å². The van der Waals surface area contributed by atoms with E-state index in [1.54, 1.807) is 0 Å². The van der Waals surface area contributed by atoms with E-state index in [1.807, 2.05) is 11.8 Å². The summed E-state index contributed by atoms with van der Waals surface area (Å²) in [5.41, 5.74) is 5.42. The topological polar surface area (TPSA) is 134 Å². The second-order valence-electron chi connectivity index (χ2n) is 6.66. The molecule has 9 heteroatoms. The number of hydrogen-bond donors (Lipinski definition) is 5. The number of thioether (sulfide) groups is 1. The first-order valence-electron chi connectivity index (χ1n) is 8.91. The Morgan fingerprint density at radius 1 is 1.28 bits per heavy atom. The minimum Gasteiger partial charge on any atom is -0.480 e. The van der Waals surface area contributed by atoms with Crippen LogP contribution < -0.4 is 21.7 Å². The fraction of sp³-hybridized carbons (Fsp3) is 0.812. The van der Waals surface area contributed by atoms with Crippen LogP contribution in [0.5, 0.6) is 0 Å². The number of carboxylic acids is 1. The predicted octanol–water partition coefficient (Wildman–Crippen LogP) is 0.411. The van der Waals surface area contributed by atoms with E-state index in [4.69, 9.17) is 10.8 Å². The third-order valence-electron chi connectivity index (χ3n) is 4.66. The van der Waals surface area contributed by atoms with E-state index < -0.39 is 12.0 Å². The Morgan fingerprint density at radius 2 is 2.08 bits per heavy atom. The molecule has 3 amide bonds. The maximum Gasteiger partial charge on any atom is 0.320 e. The molecule has 0 unspecified atom stereocenters. The molecule has 2 saturated heterocycles. The molecule has 0 bridgehead atoms. The molecule has 0 aromatic heterocycles. The van der Waals surface area contributed by atoms with Crippen LogP contribution in [0, 0.1) is 0 Å². The molecule has 2 fully saturated rings. The summed E-state index contributed by atoms with van der Waals surface area (Å²) in [7, 11) is 0. The Kier molecular flexibility index (Phi) is 7.83. The summed E-state index contributed by atoms with van der Waals surface area (Å²) in [6, 6.07) is -0.406. The van der Waals surface area contributed by atoms with E-state index in [2.05, 4.69) is 16.0 Å². The number of unbranched alkanes of at least 4 members (excludes halogenated alkanes) is 2. The first-order chi connectivity index (χ1) is 12.0. The van der Waals surface area contributed by atoms with Crippen LogP contribution >= 0.6 is 11.8 Å². The molecule has 0 aromatic carbocycles. The van der Waals surface area contributed by atoms with Gasteiger partial charge in [0.25, 0.3) is 0 Å². The minimum absolute atomic E-state index is 0.0373. The van der Waals surface area contributed by atoms with Crippen molar-refractivity contribution in [2.24, 2.45) is 5.73 Å². The zero-order chi connectivity index (χ0) is 18.2. The fourth-order valence-electron chi connectivity index (χ4n) is 3.20. The molecule has 0 spiro atoms. The van der Waals surface area contributed by atoms with Gasteiger partial charge in [-0.1, -0.05) is 6.42 Å². The van der Waals surface area contributed by atoms with Crippen LogP contribution in [-0.4, -0.2) is 58.7 Å². The standard InChI is InChI=1S/C16H28N4O4S/c17-10(15(22)23)5-3-4-8-18-13(21)7-2-1-6-12-14-11(9-25-12)19-16(24)20-14/h10-12,14H,1-9,17H2,(H,18,21)(H,22,23)(H2,19,20,24)/t10-,11+,12+,14+/m0/s1. The van der Waals surface area contributed by atoms with Gasteiger partial charge in [0.1, 0.15) is 6.04 Å². The zero-order valence-corrected chi connectivity index (χ0v) is 15.1. The molecule has 0 radical (unpaired) electrons. The van der Waals surface area contributed by atoms with Crippen LogP contribution in [0.1, 0.15) is 44.9 Å². The van der Waals surface area contributed by atoms with E-state index in [9.17, 15) is 14.4 Å². The summed E-state index contributed by atoms with van der Waals surface area (Å²) in [6.45, 7) is 0.561.